The molecule has 0 aliphatic heterocycles. The van der Waals surface area contributed by atoms with Gasteiger partial charge in [-0.2, -0.15) is 0 Å². The predicted octanol–water partition coefficient (Wildman–Crippen LogP) is 1.79. The first-order chi connectivity index (χ1) is 10.3. The van der Waals surface area contributed by atoms with Crippen molar-refractivity contribution in [3.05, 3.63) is 35.9 Å². The van der Waals surface area contributed by atoms with Crippen LogP contribution in [0.3, 0.4) is 0 Å². The molecule has 4 N–H and O–H groups in total. The zero-order chi connectivity index (χ0) is 16.4. The molecule has 1 aromatic carbocycles. The zero-order valence-corrected chi connectivity index (χ0v) is 14.7. The summed E-state index contributed by atoms with van der Waals surface area (Å²) in [7, 11) is 0. The van der Waals surface area contributed by atoms with E-state index in [1.54, 1.807) is 0 Å². The summed E-state index contributed by atoms with van der Waals surface area (Å²) in [6.07, 6.45) is -0.242. The quantitative estimate of drug-likeness (QED) is 0.736. The van der Waals surface area contributed by atoms with Crippen molar-refractivity contribution in [1.29, 1.82) is 0 Å². The smallest absolute Gasteiger partial charge is 0.240 e. The summed E-state index contributed by atoms with van der Waals surface area (Å²) in [5.41, 5.74) is 5.69. The summed E-state index contributed by atoms with van der Waals surface area (Å²) < 4.78 is 5.62. The van der Waals surface area contributed by atoms with Gasteiger partial charge in [-0.25, -0.2) is 0 Å². The molecule has 1 fully saturated rings. The van der Waals surface area contributed by atoms with Crippen molar-refractivity contribution in [3.63, 3.8) is 0 Å². The summed E-state index contributed by atoms with van der Waals surface area (Å²) in [5.74, 6) is -0.233. The Bertz CT molecular complexity index is 524. The molecular weight excluding hydrogens is 316 g/mol. The Balaban J connectivity index is 0.00000264. The maximum absolute atomic E-state index is 12.4. The van der Waals surface area contributed by atoms with E-state index in [4.69, 9.17) is 10.5 Å². The standard InChI is InChI=1S/C17H26N2O3.ClH/c1-4-22-14-10-17(18,16(14,2)3)15(21)19-11-13(20)12-8-6-5-7-9-12;/h5-9,13-14,20H,4,10-11,18H2,1-3H3,(H,19,21);1H. The highest BCUT2D eigenvalue weighted by Crippen LogP contribution is 2.49. The number of carbonyl (C=O) groups excluding carboxylic acids is 1. The van der Waals surface area contributed by atoms with Gasteiger partial charge in [0, 0.05) is 25.0 Å². The Morgan fingerprint density at radius 1 is 1.43 bits per heavy atom. The Hall–Kier alpha value is -1.14. The molecule has 130 valence electrons. The highest BCUT2D eigenvalue weighted by Gasteiger charge is 2.62. The van der Waals surface area contributed by atoms with Crippen LogP contribution in [0.1, 0.15) is 38.9 Å². The molecule has 0 aromatic heterocycles. The molecule has 1 aliphatic carbocycles. The summed E-state index contributed by atoms with van der Waals surface area (Å²) >= 11 is 0. The average molecular weight is 343 g/mol. The van der Waals surface area contributed by atoms with E-state index in [-0.39, 0.29) is 31.0 Å². The van der Waals surface area contributed by atoms with Crippen molar-refractivity contribution in [2.24, 2.45) is 11.1 Å². The van der Waals surface area contributed by atoms with E-state index in [1.807, 2.05) is 51.1 Å². The fourth-order valence-corrected chi connectivity index (χ4v) is 2.96. The van der Waals surface area contributed by atoms with E-state index < -0.39 is 17.1 Å². The fourth-order valence-electron chi connectivity index (χ4n) is 2.96. The number of rotatable bonds is 6. The van der Waals surface area contributed by atoms with Crippen LogP contribution < -0.4 is 11.1 Å². The summed E-state index contributed by atoms with van der Waals surface area (Å²) in [5, 5.41) is 12.9. The molecule has 2 rings (SSSR count). The minimum atomic E-state index is -0.955. The number of aliphatic hydroxyl groups is 1. The van der Waals surface area contributed by atoms with E-state index in [0.717, 1.165) is 5.56 Å². The lowest BCUT2D eigenvalue weighted by molar-refractivity contribution is -0.170. The molecule has 3 atom stereocenters. The van der Waals surface area contributed by atoms with Crippen molar-refractivity contribution < 1.29 is 14.6 Å². The van der Waals surface area contributed by atoms with Gasteiger partial charge in [-0.05, 0) is 12.5 Å². The third-order valence-electron chi connectivity index (χ3n) is 4.88. The van der Waals surface area contributed by atoms with Gasteiger partial charge in [-0.3, -0.25) is 4.79 Å². The SMILES string of the molecule is CCOC1CC(N)(C(=O)NCC(O)c2ccccc2)C1(C)C.Cl. The number of benzene rings is 1. The number of halogens is 1. The maximum atomic E-state index is 12.4. The third-order valence-corrected chi connectivity index (χ3v) is 4.88. The van der Waals surface area contributed by atoms with Crippen LogP contribution in [-0.2, 0) is 9.53 Å². The van der Waals surface area contributed by atoms with Crippen molar-refractivity contribution >= 4 is 18.3 Å². The average Bonchev–Trinajstić information content (AvgIpc) is 2.52. The highest BCUT2D eigenvalue weighted by atomic mass is 35.5. The first-order valence-corrected chi connectivity index (χ1v) is 7.74. The highest BCUT2D eigenvalue weighted by molar-refractivity contribution is 5.88. The second-order valence-electron chi connectivity index (χ2n) is 6.48. The minimum Gasteiger partial charge on any atom is -0.387 e. The first kappa shape index (κ1) is 19.9. The van der Waals surface area contributed by atoms with Crippen molar-refractivity contribution in [2.75, 3.05) is 13.2 Å². The van der Waals surface area contributed by atoms with Gasteiger partial charge in [-0.1, -0.05) is 44.2 Å². The molecule has 1 aliphatic rings. The van der Waals surface area contributed by atoms with Crippen molar-refractivity contribution in [1.82, 2.24) is 5.32 Å². The Kier molecular flexibility index (Phi) is 6.59. The molecule has 1 saturated carbocycles. The molecule has 0 spiro atoms. The third kappa shape index (κ3) is 3.69. The Labute approximate surface area is 144 Å². The van der Waals surface area contributed by atoms with Gasteiger partial charge in [0.25, 0.3) is 0 Å². The van der Waals surface area contributed by atoms with Gasteiger partial charge in [0.05, 0.1) is 12.2 Å². The van der Waals surface area contributed by atoms with Gasteiger partial charge in [-0.15, -0.1) is 12.4 Å². The van der Waals surface area contributed by atoms with Gasteiger partial charge in [0.15, 0.2) is 0 Å². The van der Waals surface area contributed by atoms with Crippen LogP contribution in [0.2, 0.25) is 0 Å². The van der Waals surface area contributed by atoms with Gasteiger partial charge in [0.1, 0.15) is 5.54 Å². The second-order valence-corrected chi connectivity index (χ2v) is 6.48. The van der Waals surface area contributed by atoms with E-state index >= 15 is 0 Å². The lowest BCUT2D eigenvalue weighted by Gasteiger charge is -2.57. The zero-order valence-electron chi connectivity index (χ0n) is 13.9. The van der Waals surface area contributed by atoms with Crippen LogP contribution >= 0.6 is 12.4 Å². The summed E-state index contributed by atoms with van der Waals surface area (Å²) in [4.78, 5) is 12.4. The van der Waals surface area contributed by atoms with E-state index in [2.05, 4.69) is 5.32 Å². The number of carbonyl (C=O) groups is 1. The molecule has 0 saturated heterocycles. The van der Waals surface area contributed by atoms with Crippen LogP contribution in [-0.4, -0.2) is 35.8 Å². The van der Waals surface area contributed by atoms with Gasteiger partial charge < -0.3 is 20.9 Å². The number of hydrogen-bond acceptors (Lipinski definition) is 4. The largest absolute Gasteiger partial charge is 0.387 e. The summed E-state index contributed by atoms with van der Waals surface area (Å²) in [6, 6.07) is 9.24. The molecule has 0 radical (unpaired) electrons. The lowest BCUT2D eigenvalue weighted by atomic mass is 9.54. The second kappa shape index (κ2) is 7.62. The molecule has 5 nitrogen and oxygen atoms in total. The van der Waals surface area contributed by atoms with Crippen LogP contribution in [0, 0.1) is 5.41 Å². The van der Waals surface area contributed by atoms with E-state index in [0.29, 0.717) is 13.0 Å². The molecular formula is C17H27ClN2O3. The van der Waals surface area contributed by atoms with Crippen molar-refractivity contribution in [3.8, 4) is 0 Å². The number of amides is 1. The van der Waals surface area contributed by atoms with Gasteiger partial charge >= 0.3 is 0 Å². The Morgan fingerprint density at radius 2 is 2.04 bits per heavy atom. The molecule has 1 aromatic rings. The molecule has 1 amide bonds. The van der Waals surface area contributed by atoms with E-state index in [9.17, 15) is 9.90 Å². The van der Waals surface area contributed by atoms with Crippen molar-refractivity contribution in [2.45, 2.75) is 44.9 Å². The lowest BCUT2D eigenvalue weighted by Crippen LogP contribution is -2.75. The number of aliphatic hydroxyl groups excluding tert-OH is 1. The predicted molar refractivity (Wildman–Crippen MR) is 92.4 cm³/mol. The molecule has 0 bridgehead atoms. The fraction of sp³-hybridized carbons (Fsp3) is 0.588. The number of nitrogens with one attached hydrogen (secondary N) is 1. The molecule has 0 heterocycles. The van der Waals surface area contributed by atoms with Crippen LogP contribution in [0.25, 0.3) is 0 Å². The monoisotopic (exact) mass is 342 g/mol. The topological polar surface area (TPSA) is 84.6 Å². The minimum absolute atomic E-state index is 0. The van der Waals surface area contributed by atoms with Crippen LogP contribution in [0.5, 0.6) is 0 Å². The number of ether oxygens (including phenoxy) is 1. The first-order valence-electron chi connectivity index (χ1n) is 7.74. The maximum Gasteiger partial charge on any atom is 0.240 e. The number of nitrogens with two attached hydrogens (primary N) is 1. The Morgan fingerprint density at radius 3 is 2.57 bits per heavy atom. The normalized spacial score (nSPS) is 26.6. The molecule has 6 heteroatoms. The van der Waals surface area contributed by atoms with E-state index in [1.165, 1.54) is 0 Å². The van der Waals surface area contributed by atoms with Crippen LogP contribution in [0.4, 0.5) is 0 Å². The number of hydrogen-bond donors (Lipinski definition) is 3. The summed E-state index contributed by atoms with van der Waals surface area (Å²) in [6.45, 7) is 6.59. The van der Waals surface area contributed by atoms with Gasteiger partial charge in [0.2, 0.25) is 5.91 Å². The molecule has 23 heavy (non-hydrogen) atoms. The van der Waals surface area contributed by atoms with Crippen LogP contribution in [0.15, 0.2) is 30.3 Å². The molecule has 3 unspecified atom stereocenters.